The summed E-state index contributed by atoms with van der Waals surface area (Å²) in [5.74, 6) is -0.359. The topological polar surface area (TPSA) is 90.1 Å². The Labute approximate surface area is 229 Å². The summed E-state index contributed by atoms with van der Waals surface area (Å²) in [5.41, 5.74) is 3.57. The molecular formula is C28H30F3N7O2. The van der Waals surface area contributed by atoms with Crippen molar-refractivity contribution in [1.29, 1.82) is 0 Å². The third-order valence-electron chi connectivity index (χ3n) is 7.26. The molecule has 0 unspecified atom stereocenters. The zero-order valence-electron chi connectivity index (χ0n) is 22.7. The number of carbonyl (C=O) groups is 1. The quantitative estimate of drug-likeness (QED) is 0.340. The molecule has 1 fully saturated rings. The van der Waals surface area contributed by atoms with Crippen LogP contribution >= 0.6 is 0 Å². The van der Waals surface area contributed by atoms with E-state index in [-0.39, 0.29) is 17.0 Å². The number of likely N-dealkylation sites (tertiary alicyclic amines) is 1. The Kier molecular flexibility index (Phi) is 7.37. The van der Waals surface area contributed by atoms with E-state index in [4.69, 9.17) is 4.74 Å². The molecule has 2 aromatic carbocycles. The van der Waals surface area contributed by atoms with Crippen molar-refractivity contribution in [2.75, 3.05) is 25.5 Å². The number of rotatable bonds is 7. The molecule has 5 rings (SSSR count). The van der Waals surface area contributed by atoms with Crippen LogP contribution < -0.4 is 10.1 Å². The van der Waals surface area contributed by atoms with E-state index in [0.29, 0.717) is 23.5 Å². The second-order valence-electron chi connectivity index (χ2n) is 9.97. The Morgan fingerprint density at radius 1 is 1.12 bits per heavy atom. The van der Waals surface area contributed by atoms with E-state index >= 15 is 0 Å². The number of hydrogen-bond acceptors (Lipinski definition) is 6. The number of carbonyl (C=O) groups excluding carboxylic acids is 1. The molecule has 2 aromatic heterocycles. The zero-order valence-corrected chi connectivity index (χ0v) is 22.7. The number of amides is 1. The fraction of sp³-hybridized carbons (Fsp3) is 0.357. The predicted octanol–water partition coefficient (Wildman–Crippen LogP) is 5.16. The maximum atomic E-state index is 13.8. The van der Waals surface area contributed by atoms with Crippen molar-refractivity contribution in [3.05, 3.63) is 70.7 Å². The van der Waals surface area contributed by atoms with E-state index in [2.05, 4.69) is 25.6 Å². The molecule has 1 aliphatic heterocycles. The lowest BCUT2D eigenvalue weighted by Gasteiger charge is -2.21. The minimum Gasteiger partial charge on any atom is -0.494 e. The van der Waals surface area contributed by atoms with Gasteiger partial charge in [0.05, 0.1) is 36.4 Å². The van der Waals surface area contributed by atoms with Crippen LogP contribution in [-0.4, -0.2) is 55.8 Å². The Morgan fingerprint density at radius 3 is 2.52 bits per heavy atom. The number of alkyl halides is 3. The summed E-state index contributed by atoms with van der Waals surface area (Å²) in [5, 5.41) is 15.4. The highest BCUT2D eigenvalue weighted by Crippen LogP contribution is 2.39. The monoisotopic (exact) mass is 553 g/mol. The van der Waals surface area contributed by atoms with Gasteiger partial charge in [0.25, 0.3) is 5.91 Å². The minimum absolute atomic E-state index is 0.0336. The molecule has 1 aliphatic rings. The number of anilines is 1. The molecule has 0 radical (unpaired) electrons. The number of benzene rings is 2. The SMILES string of the molecule is COc1c(CN2CCCC2)cc(C(F)(F)F)cc1NC(=O)c1ccc(C)c(-n2cc(-c3cnn(C)c3C)nn2)c1. The van der Waals surface area contributed by atoms with Crippen LogP contribution in [0.15, 0.2) is 42.7 Å². The van der Waals surface area contributed by atoms with Gasteiger partial charge < -0.3 is 10.1 Å². The second kappa shape index (κ2) is 10.8. The lowest BCUT2D eigenvalue weighted by Crippen LogP contribution is -2.21. The molecule has 9 nitrogen and oxygen atoms in total. The zero-order chi connectivity index (χ0) is 28.6. The number of hydrogen-bond donors (Lipinski definition) is 1. The van der Waals surface area contributed by atoms with Crippen LogP contribution in [0.25, 0.3) is 16.9 Å². The van der Waals surface area contributed by atoms with Gasteiger partial charge in [0.2, 0.25) is 0 Å². The highest BCUT2D eigenvalue weighted by atomic mass is 19.4. The molecular weight excluding hydrogens is 523 g/mol. The first-order chi connectivity index (χ1) is 19.0. The number of aryl methyl sites for hydroxylation is 2. The standard InChI is InChI=1S/C28H30F3N7O2/c1-17-7-8-19(12-25(17)38-16-24(34-35-38)22-14-32-36(3)18(22)2)27(39)33-23-13-21(28(29,30)31)11-20(26(23)40-4)15-37-9-5-6-10-37/h7-8,11-14,16H,5-6,9-10,15H2,1-4H3,(H,33,39). The molecule has 1 amide bonds. The summed E-state index contributed by atoms with van der Waals surface area (Å²) in [6, 6.07) is 7.01. The smallest absolute Gasteiger partial charge is 0.416 e. The number of methoxy groups -OCH3 is 1. The first-order valence-electron chi connectivity index (χ1n) is 12.9. The summed E-state index contributed by atoms with van der Waals surface area (Å²) < 4.78 is 50.2. The van der Waals surface area contributed by atoms with Crippen molar-refractivity contribution >= 4 is 11.6 Å². The first kappa shape index (κ1) is 27.4. The molecule has 0 bridgehead atoms. The molecule has 3 heterocycles. The minimum atomic E-state index is -4.58. The molecule has 0 atom stereocenters. The van der Waals surface area contributed by atoms with E-state index in [0.717, 1.165) is 54.9 Å². The van der Waals surface area contributed by atoms with Crippen molar-refractivity contribution in [2.24, 2.45) is 7.05 Å². The van der Waals surface area contributed by atoms with Gasteiger partial charge in [-0.2, -0.15) is 18.3 Å². The molecule has 0 aliphatic carbocycles. The van der Waals surface area contributed by atoms with Gasteiger partial charge >= 0.3 is 6.18 Å². The van der Waals surface area contributed by atoms with Gasteiger partial charge in [-0.25, -0.2) is 4.68 Å². The van der Waals surface area contributed by atoms with E-state index < -0.39 is 17.6 Å². The van der Waals surface area contributed by atoms with E-state index in [1.54, 1.807) is 40.0 Å². The Bertz CT molecular complexity index is 1550. The van der Waals surface area contributed by atoms with Crippen LogP contribution in [0.5, 0.6) is 5.75 Å². The summed E-state index contributed by atoms with van der Waals surface area (Å²) in [7, 11) is 3.23. The van der Waals surface area contributed by atoms with E-state index in [9.17, 15) is 18.0 Å². The Morgan fingerprint density at radius 2 is 1.88 bits per heavy atom. The van der Waals surface area contributed by atoms with Gasteiger partial charge in [-0.3, -0.25) is 14.4 Å². The summed E-state index contributed by atoms with van der Waals surface area (Å²) in [6.07, 6.45) is 0.862. The summed E-state index contributed by atoms with van der Waals surface area (Å²) in [6.45, 7) is 5.70. The molecule has 210 valence electrons. The van der Waals surface area contributed by atoms with Crippen molar-refractivity contribution in [3.63, 3.8) is 0 Å². The highest BCUT2D eigenvalue weighted by Gasteiger charge is 2.33. The molecule has 0 saturated carbocycles. The number of ether oxygens (including phenoxy) is 1. The number of aromatic nitrogens is 5. The van der Waals surface area contributed by atoms with Crippen LogP contribution in [0.3, 0.4) is 0 Å². The number of nitrogens with one attached hydrogen (secondary N) is 1. The average Bonchev–Trinajstić information content (AvgIpc) is 3.67. The average molecular weight is 554 g/mol. The number of halogens is 3. The summed E-state index contributed by atoms with van der Waals surface area (Å²) >= 11 is 0. The Balaban J connectivity index is 1.46. The van der Waals surface area contributed by atoms with Gasteiger partial charge in [-0.1, -0.05) is 11.3 Å². The first-order valence-corrected chi connectivity index (χ1v) is 12.9. The van der Waals surface area contributed by atoms with Gasteiger partial charge in [0.15, 0.2) is 0 Å². The molecule has 1 N–H and O–H groups in total. The van der Waals surface area contributed by atoms with Crippen LogP contribution in [0.2, 0.25) is 0 Å². The van der Waals surface area contributed by atoms with Crippen LogP contribution in [0, 0.1) is 13.8 Å². The van der Waals surface area contributed by atoms with Crippen LogP contribution in [-0.2, 0) is 19.8 Å². The highest BCUT2D eigenvalue weighted by molar-refractivity contribution is 6.05. The maximum absolute atomic E-state index is 13.8. The number of nitrogens with zero attached hydrogens (tertiary/aromatic N) is 6. The third-order valence-corrected chi connectivity index (χ3v) is 7.26. The fourth-order valence-corrected chi connectivity index (χ4v) is 4.93. The van der Waals surface area contributed by atoms with Crippen LogP contribution in [0.4, 0.5) is 18.9 Å². The summed E-state index contributed by atoms with van der Waals surface area (Å²) in [4.78, 5) is 15.4. The molecule has 1 saturated heterocycles. The predicted molar refractivity (Wildman–Crippen MR) is 143 cm³/mol. The molecule has 0 spiro atoms. The molecule has 12 heteroatoms. The molecule has 4 aromatic rings. The van der Waals surface area contributed by atoms with Gasteiger partial charge in [-0.15, -0.1) is 5.10 Å². The van der Waals surface area contributed by atoms with Crippen molar-refractivity contribution in [2.45, 2.75) is 39.4 Å². The van der Waals surface area contributed by atoms with Crippen molar-refractivity contribution in [3.8, 4) is 22.7 Å². The van der Waals surface area contributed by atoms with Crippen molar-refractivity contribution < 1.29 is 22.7 Å². The largest absolute Gasteiger partial charge is 0.494 e. The normalized spacial score (nSPS) is 14.1. The fourth-order valence-electron chi connectivity index (χ4n) is 4.93. The second-order valence-corrected chi connectivity index (χ2v) is 9.97. The van der Waals surface area contributed by atoms with Gasteiger partial charge in [-0.05, 0) is 69.6 Å². The van der Waals surface area contributed by atoms with Crippen molar-refractivity contribution in [1.82, 2.24) is 29.7 Å². The lowest BCUT2D eigenvalue weighted by molar-refractivity contribution is -0.137. The van der Waals surface area contributed by atoms with Gasteiger partial charge in [0.1, 0.15) is 11.4 Å². The Hall–Kier alpha value is -4.19. The third kappa shape index (κ3) is 5.44. The maximum Gasteiger partial charge on any atom is 0.416 e. The van der Waals surface area contributed by atoms with E-state index in [1.165, 1.54) is 7.11 Å². The van der Waals surface area contributed by atoms with Crippen LogP contribution in [0.1, 0.15) is 45.6 Å². The van der Waals surface area contributed by atoms with Gasteiger partial charge in [0, 0.05) is 36.0 Å². The van der Waals surface area contributed by atoms with E-state index in [1.807, 2.05) is 20.9 Å². The molecule has 40 heavy (non-hydrogen) atoms. The lowest BCUT2D eigenvalue weighted by atomic mass is 10.1.